The van der Waals surface area contributed by atoms with E-state index in [9.17, 15) is 14.6 Å². The van der Waals surface area contributed by atoms with Crippen LogP contribution in [0, 0.1) is 5.82 Å². The van der Waals surface area contributed by atoms with E-state index in [4.69, 9.17) is 5.73 Å². The van der Waals surface area contributed by atoms with Crippen molar-refractivity contribution in [2.75, 3.05) is 6.54 Å². The summed E-state index contributed by atoms with van der Waals surface area (Å²) in [6.45, 7) is -0.0738. The van der Waals surface area contributed by atoms with Gasteiger partial charge in [-0.2, -0.15) is 0 Å². The van der Waals surface area contributed by atoms with E-state index in [1.165, 1.54) is 6.07 Å². The maximum atomic E-state index is 12.9. The third kappa shape index (κ3) is 1.99. The van der Waals surface area contributed by atoms with Crippen molar-refractivity contribution in [3.05, 3.63) is 28.0 Å². The molecule has 0 bridgehead atoms. The third-order valence-corrected chi connectivity index (χ3v) is 2.47. The van der Waals surface area contributed by atoms with Gasteiger partial charge >= 0.3 is 0 Å². The van der Waals surface area contributed by atoms with Gasteiger partial charge in [-0.25, -0.2) is 4.39 Å². The van der Waals surface area contributed by atoms with Gasteiger partial charge in [-0.05, 0) is 28.1 Å². The molecule has 4 N–H and O–H groups in total. The van der Waals surface area contributed by atoms with Crippen LogP contribution in [-0.4, -0.2) is 16.8 Å². The Morgan fingerprint density at radius 2 is 2.15 bits per heavy atom. The molecule has 1 atom stereocenters. The summed E-state index contributed by atoms with van der Waals surface area (Å²) in [6.07, 6.45) is -1.06. The summed E-state index contributed by atoms with van der Waals surface area (Å²) in [5.41, 5.74) is 5.27. The second kappa shape index (κ2) is 4.04. The molecule has 0 aliphatic rings. The van der Waals surface area contributed by atoms with Gasteiger partial charge in [-0.3, -0.25) is 0 Å². The van der Waals surface area contributed by atoms with E-state index in [-0.39, 0.29) is 22.3 Å². The van der Waals surface area contributed by atoms with Gasteiger partial charge < -0.3 is 15.9 Å². The highest BCUT2D eigenvalue weighted by Gasteiger charge is 2.17. The highest BCUT2D eigenvalue weighted by Crippen LogP contribution is 2.33. The molecule has 13 heavy (non-hydrogen) atoms. The summed E-state index contributed by atoms with van der Waals surface area (Å²) in [5.74, 6) is -0.716. The molecule has 0 radical (unpaired) electrons. The molecule has 0 heterocycles. The number of hydrogen-bond donors (Lipinski definition) is 3. The minimum Gasteiger partial charge on any atom is -0.508 e. The first-order valence-electron chi connectivity index (χ1n) is 3.63. The fraction of sp³-hybridized carbons (Fsp3) is 0.250. The van der Waals surface area contributed by atoms with Crippen molar-refractivity contribution in [3.63, 3.8) is 0 Å². The highest BCUT2D eigenvalue weighted by atomic mass is 79.9. The Bertz CT molecular complexity index is 319. The molecule has 0 fully saturated rings. The fourth-order valence-electron chi connectivity index (χ4n) is 0.991. The van der Waals surface area contributed by atoms with Crippen molar-refractivity contribution in [1.82, 2.24) is 0 Å². The lowest BCUT2D eigenvalue weighted by atomic mass is 10.1. The van der Waals surface area contributed by atoms with Gasteiger partial charge in [0.2, 0.25) is 0 Å². The van der Waals surface area contributed by atoms with Crippen LogP contribution in [0.4, 0.5) is 4.39 Å². The summed E-state index contributed by atoms with van der Waals surface area (Å²) in [5, 5.41) is 18.6. The van der Waals surface area contributed by atoms with Crippen LogP contribution in [-0.2, 0) is 0 Å². The van der Waals surface area contributed by atoms with Crippen molar-refractivity contribution in [2.45, 2.75) is 6.10 Å². The second-order valence-corrected chi connectivity index (χ2v) is 3.34. The average molecular weight is 250 g/mol. The van der Waals surface area contributed by atoms with Crippen LogP contribution >= 0.6 is 15.9 Å². The van der Waals surface area contributed by atoms with Crippen LogP contribution in [0.1, 0.15) is 11.7 Å². The van der Waals surface area contributed by atoms with Crippen LogP contribution in [0.25, 0.3) is 0 Å². The third-order valence-electron chi connectivity index (χ3n) is 1.67. The summed E-state index contributed by atoms with van der Waals surface area (Å²) in [4.78, 5) is 0. The van der Waals surface area contributed by atoms with Crippen molar-refractivity contribution in [1.29, 1.82) is 0 Å². The largest absolute Gasteiger partial charge is 0.508 e. The summed E-state index contributed by atoms with van der Waals surface area (Å²) >= 11 is 2.92. The smallest absolute Gasteiger partial charge is 0.138 e. The van der Waals surface area contributed by atoms with Crippen LogP contribution in [0.5, 0.6) is 5.75 Å². The number of phenolic OH excluding ortho intramolecular Hbond substituents is 1. The molecular formula is C8H9BrFNO2. The maximum absolute atomic E-state index is 12.9. The zero-order valence-corrected chi connectivity index (χ0v) is 8.25. The van der Waals surface area contributed by atoms with Gasteiger partial charge in [0.05, 0.1) is 10.6 Å². The molecule has 5 heteroatoms. The molecule has 0 amide bonds. The minimum atomic E-state index is -1.06. The van der Waals surface area contributed by atoms with Gasteiger partial charge in [0.1, 0.15) is 11.6 Å². The lowest BCUT2D eigenvalue weighted by molar-refractivity contribution is 0.181. The first-order chi connectivity index (χ1) is 6.07. The predicted octanol–water partition coefficient (Wildman–Crippen LogP) is 1.29. The number of benzene rings is 1. The monoisotopic (exact) mass is 249 g/mol. The van der Waals surface area contributed by atoms with E-state index in [0.717, 1.165) is 6.07 Å². The highest BCUT2D eigenvalue weighted by molar-refractivity contribution is 9.10. The number of aliphatic hydroxyl groups excluding tert-OH is 1. The number of aromatic hydroxyl groups is 1. The first-order valence-corrected chi connectivity index (χ1v) is 4.42. The van der Waals surface area contributed by atoms with Crippen molar-refractivity contribution in [2.24, 2.45) is 5.73 Å². The minimum absolute atomic E-state index is 0.0467. The normalized spacial score (nSPS) is 12.9. The maximum Gasteiger partial charge on any atom is 0.138 e. The Balaban J connectivity index is 3.25. The SMILES string of the molecule is NCC(O)c1c(O)ccc(F)c1Br. The Hall–Kier alpha value is -0.650. The topological polar surface area (TPSA) is 66.5 Å². The van der Waals surface area contributed by atoms with Crippen molar-refractivity contribution < 1.29 is 14.6 Å². The second-order valence-electron chi connectivity index (χ2n) is 2.55. The van der Waals surface area contributed by atoms with E-state index in [1.807, 2.05) is 0 Å². The molecule has 3 nitrogen and oxygen atoms in total. The Kier molecular flexibility index (Phi) is 3.24. The van der Waals surface area contributed by atoms with Gasteiger partial charge in [-0.1, -0.05) is 0 Å². The molecule has 0 aromatic heterocycles. The molecule has 0 aliphatic heterocycles. The van der Waals surface area contributed by atoms with Crippen LogP contribution in [0.2, 0.25) is 0 Å². The number of halogens is 2. The van der Waals surface area contributed by atoms with Crippen molar-refractivity contribution >= 4 is 15.9 Å². The molecule has 0 saturated heterocycles. The quantitative estimate of drug-likeness (QED) is 0.740. The predicted molar refractivity (Wildman–Crippen MR) is 49.8 cm³/mol. The number of phenols is 1. The van der Waals surface area contributed by atoms with E-state index in [2.05, 4.69) is 15.9 Å². The first kappa shape index (κ1) is 10.4. The Morgan fingerprint density at radius 3 is 2.69 bits per heavy atom. The number of nitrogens with two attached hydrogens (primary N) is 1. The zero-order valence-electron chi connectivity index (χ0n) is 6.67. The molecule has 72 valence electrons. The van der Waals surface area contributed by atoms with Gasteiger partial charge in [0.15, 0.2) is 0 Å². The molecule has 0 aliphatic carbocycles. The lowest BCUT2D eigenvalue weighted by Gasteiger charge is -2.12. The standard InChI is InChI=1S/C8H9BrFNO2/c9-8-4(10)1-2-5(12)7(8)6(13)3-11/h1-2,6,12-13H,3,11H2. The number of hydrogen-bond acceptors (Lipinski definition) is 3. The average Bonchev–Trinajstić information content (AvgIpc) is 2.12. The number of aliphatic hydroxyl groups is 1. The van der Waals surface area contributed by atoms with Gasteiger partial charge in [0.25, 0.3) is 0 Å². The molecule has 1 aromatic rings. The van der Waals surface area contributed by atoms with Gasteiger partial charge in [0, 0.05) is 12.1 Å². The molecule has 1 rings (SSSR count). The molecule has 1 unspecified atom stereocenters. The summed E-state index contributed by atoms with van der Waals surface area (Å²) in [7, 11) is 0. The van der Waals surface area contributed by atoms with Crippen molar-refractivity contribution in [3.8, 4) is 5.75 Å². The molecular weight excluding hydrogens is 241 g/mol. The van der Waals surface area contributed by atoms with Crippen LogP contribution < -0.4 is 5.73 Å². The number of rotatable bonds is 2. The van der Waals surface area contributed by atoms with Gasteiger partial charge in [-0.15, -0.1) is 0 Å². The Labute approximate surface area is 83.1 Å². The summed E-state index contributed by atoms with van der Waals surface area (Å²) in [6, 6.07) is 2.28. The van der Waals surface area contributed by atoms with E-state index in [0.29, 0.717) is 0 Å². The molecule has 0 saturated carbocycles. The van der Waals surface area contributed by atoms with Crippen LogP contribution in [0.15, 0.2) is 16.6 Å². The fourth-order valence-corrected chi connectivity index (χ4v) is 1.59. The summed E-state index contributed by atoms with van der Waals surface area (Å²) < 4.78 is 13.0. The molecule has 0 spiro atoms. The lowest BCUT2D eigenvalue weighted by Crippen LogP contribution is -2.12. The van der Waals surface area contributed by atoms with E-state index < -0.39 is 11.9 Å². The van der Waals surface area contributed by atoms with E-state index in [1.54, 1.807) is 0 Å². The molecule has 1 aromatic carbocycles. The van der Waals surface area contributed by atoms with E-state index >= 15 is 0 Å². The Morgan fingerprint density at radius 1 is 1.54 bits per heavy atom. The van der Waals surface area contributed by atoms with Crippen LogP contribution in [0.3, 0.4) is 0 Å². The zero-order chi connectivity index (χ0) is 10.0.